The van der Waals surface area contributed by atoms with Gasteiger partial charge in [-0.05, 0) is 66.6 Å². The highest BCUT2D eigenvalue weighted by Gasteiger charge is 2.05. The molecule has 0 saturated heterocycles. The van der Waals surface area contributed by atoms with Crippen LogP contribution in [0.15, 0.2) is 0 Å². The van der Waals surface area contributed by atoms with Crippen LogP contribution in [0.4, 0.5) is 0 Å². The van der Waals surface area contributed by atoms with Gasteiger partial charge in [-0.25, -0.2) is 0 Å². The lowest BCUT2D eigenvalue weighted by atomic mass is 10.1. The van der Waals surface area contributed by atoms with Crippen molar-refractivity contribution in [1.82, 2.24) is 4.90 Å². The second-order valence-electron chi connectivity index (χ2n) is 10.4. The summed E-state index contributed by atoms with van der Waals surface area (Å²) < 4.78 is 5.25. The number of nitrogens with zero attached hydrogens (tertiary/aromatic N) is 1. The molecule has 0 heterocycles. The molecule has 196 valence electrons. The van der Waals surface area contributed by atoms with Crippen molar-refractivity contribution in [3.63, 3.8) is 0 Å². The standard InChI is InChI=1S/C24H51N.C6H14O/c1-4-7-10-13-16-19-22-25(23-20-17-14-11-8-5-2)24-21-18-15-12-9-6-3;1-5(2)7-6(3)4/h4-24H2,1-3H3;5-6H,1-4H3. The molecule has 32 heavy (non-hydrogen) atoms. The second kappa shape index (κ2) is 29.0. The van der Waals surface area contributed by atoms with Crippen molar-refractivity contribution >= 4 is 0 Å². The molecule has 0 atom stereocenters. The summed E-state index contributed by atoms with van der Waals surface area (Å²) >= 11 is 0. The van der Waals surface area contributed by atoms with Crippen LogP contribution in [0.25, 0.3) is 0 Å². The van der Waals surface area contributed by atoms with Gasteiger partial charge >= 0.3 is 0 Å². The largest absolute Gasteiger partial charge is 0.376 e. The van der Waals surface area contributed by atoms with Crippen molar-refractivity contribution < 1.29 is 4.74 Å². The summed E-state index contributed by atoms with van der Waals surface area (Å²) in [6.07, 6.45) is 26.5. The van der Waals surface area contributed by atoms with Gasteiger partial charge in [0.05, 0.1) is 12.2 Å². The van der Waals surface area contributed by atoms with Crippen LogP contribution in [0.3, 0.4) is 0 Å². The molecule has 0 bridgehead atoms. The van der Waals surface area contributed by atoms with E-state index in [4.69, 9.17) is 4.74 Å². The molecule has 0 spiro atoms. The molecule has 0 amide bonds. The first-order valence-corrected chi connectivity index (χ1v) is 14.9. The topological polar surface area (TPSA) is 12.5 Å². The molecule has 0 aliphatic carbocycles. The maximum absolute atomic E-state index is 5.25. The van der Waals surface area contributed by atoms with E-state index in [1.165, 1.54) is 135 Å². The molecule has 0 aromatic carbocycles. The smallest absolute Gasteiger partial charge is 0.0522 e. The van der Waals surface area contributed by atoms with Crippen molar-refractivity contribution in [1.29, 1.82) is 0 Å². The van der Waals surface area contributed by atoms with Crippen molar-refractivity contribution in [2.45, 2.75) is 176 Å². The highest BCUT2D eigenvalue weighted by atomic mass is 16.5. The Morgan fingerprint density at radius 3 is 0.875 bits per heavy atom. The van der Waals surface area contributed by atoms with Crippen LogP contribution in [0.5, 0.6) is 0 Å². The minimum Gasteiger partial charge on any atom is -0.376 e. The maximum Gasteiger partial charge on any atom is 0.0522 e. The molecule has 0 unspecified atom stereocenters. The number of hydrogen-bond donors (Lipinski definition) is 0. The van der Waals surface area contributed by atoms with E-state index in [0.717, 1.165) is 0 Å². The van der Waals surface area contributed by atoms with Gasteiger partial charge in [-0.1, -0.05) is 117 Å². The SMILES string of the molecule is CC(C)OC(C)C.CCCCCCCCN(CCCCCCCC)CCCCCCCC. The number of hydrogen-bond acceptors (Lipinski definition) is 2. The van der Waals surface area contributed by atoms with E-state index in [2.05, 4.69) is 25.7 Å². The molecule has 0 aromatic rings. The molecule has 0 rings (SSSR count). The van der Waals surface area contributed by atoms with Gasteiger partial charge in [0, 0.05) is 0 Å². The van der Waals surface area contributed by atoms with Crippen LogP contribution in [-0.2, 0) is 4.74 Å². The Hall–Kier alpha value is -0.0800. The third-order valence-electron chi connectivity index (χ3n) is 6.03. The molecule has 2 nitrogen and oxygen atoms in total. The molecule has 0 N–H and O–H groups in total. The number of ether oxygens (including phenoxy) is 1. The monoisotopic (exact) mass is 456 g/mol. The second-order valence-corrected chi connectivity index (χ2v) is 10.4. The molecule has 0 aliphatic rings. The zero-order chi connectivity index (χ0) is 24.3. The van der Waals surface area contributed by atoms with E-state index in [0.29, 0.717) is 12.2 Å². The van der Waals surface area contributed by atoms with E-state index >= 15 is 0 Å². The lowest BCUT2D eigenvalue weighted by Gasteiger charge is -2.22. The quantitative estimate of drug-likeness (QED) is 0.142. The molecular formula is C30H65NO. The molecule has 0 radical (unpaired) electrons. The molecule has 0 fully saturated rings. The van der Waals surface area contributed by atoms with Crippen LogP contribution in [-0.4, -0.2) is 36.7 Å². The zero-order valence-electron chi connectivity index (χ0n) is 23.9. The lowest BCUT2D eigenvalue weighted by Crippen LogP contribution is -2.27. The van der Waals surface area contributed by atoms with Gasteiger partial charge < -0.3 is 9.64 Å². The number of unbranched alkanes of at least 4 members (excludes halogenated alkanes) is 15. The highest BCUT2D eigenvalue weighted by Crippen LogP contribution is 2.11. The third-order valence-corrected chi connectivity index (χ3v) is 6.03. The Bertz CT molecular complexity index is 272. The van der Waals surface area contributed by atoms with Gasteiger partial charge in [0.25, 0.3) is 0 Å². The molecular weight excluding hydrogens is 390 g/mol. The molecule has 0 saturated carbocycles. The van der Waals surface area contributed by atoms with E-state index in [9.17, 15) is 0 Å². The minimum absolute atomic E-state index is 0.375. The van der Waals surface area contributed by atoms with Gasteiger partial charge in [-0.3, -0.25) is 0 Å². The minimum atomic E-state index is 0.375. The Kier molecular flexibility index (Phi) is 30.8. The van der Waals surface area contributed by atoms with Crippen molar-refractivity contribution in [3.05, 3.63) is 0 Å². The van der Waals surface area contributed by atoms with Gasteiger partial charge in [-0.15, -0.1) is 0 Å². The predicted molar refractivity (Wildman–Crippen MR) is 148 cm³/mol. The van der Waals surface area contributed by atoms with E-state index < -0.39 is 0 Å². The Balaban J connectivity index is 0. The van der Waals surface area contributed by atoms with Crippen molar-refractivity contribution in [3.8, 4) is 0 Å². The number of rotatable bonds is 23. The molecule has 2 heteroatoms. The van der Waals surface area contributed by atoms with Crippen molar-refractivity contribution in [2.24, 2.45) is 0 Å². The highest BCUT2D eigenvalue weighted by molar-refractivity contribution is 4.60. The van der Waals surface area contributed by atoms with Crippen LogP contribution < -0.4 is 0 Å². The Morgan fingerprint density at radius 1 is 0.406 bits per heavy atom. The first kappa shape index (κ1) is 34.1. The van der Waals surface area contributed by atoms with Gasteiger partial charge in [-0.2, -0.15) is 0 Å². The van der Waals surface area contributed by atoms with Crippen LogP contribution >= 0.6 is 0 Å². The normalized spacial score (nSPS) is 11.4. The first-order valence-electron chi connectivity index (χ1n) is 14.9. The summed E-state index contributed by atoms with van der Waals surface area (Å²) in [5.74, 6) is 0. The van der Waals surface area contributed by atoms with Crippen LogP contribution in [0.1, 0.15) is 164 Å². The average Bonchev–Trinajstić information content (AvgIpc) is 2.74. The Morgan fingerprint density at radius 2 is 0.656 bits per heavy atom. The fraction of sp³-hybridized carbons (Fsp3) is 1.00. The van der Waals surface area contributed by atoms with E-state index in [-0.39, 0.29) is 0 Å². The molecule has 0 aliphatic heterocycles. The summed E-state index contributed by atoms with van der Waals surface area (Å²) in [4.78, 5) is 2.79. The average molecular weight is 456 g/mol. The van der Waals surface area contributed by atoms with E-state index in [1.54, 1.807) is 0 Å². The lowest BCUT2D eigenvalue weighted by molar-refractivity contribution is 0.0300. The summed E-state index contributed by atoms with van der Waals surface area (Å²) in [5, 5.41) is 0. The van der Waals surface area contributed by atoms with E-state index in [1.807, 2.05) is 27.7 Å². The zero-order valence-corrected chi connectivity index (χ0v) is 23.9. The maximum atomic E-state index is 5.25. The summed E-state index contributed by atoms with van der Waals surface area (Å²) in [6, 6.07) is 0. The summed E-state index contributed by atoms with van der Waals surface area (Å²) in [7, 11) is 0. The summed E-state index contributed by atoms with van der Waals surface area (Å²) in [6.45, 7) is 19.2. The summed E-state index contributed by atoms with van der Waals surface area (Å²) in [5.41, 5.74) is 0. The first-order chi connectivity index (χ1) is 15.5. The fourth-order valence-electron chi connectivity index (χ4n) is 4.23. The van der Waals surface area contributed by atoms with Gasteiger partial charge in [0.2, 0.25) is 0 Å². The predicted octanol–water partition coefficient (Wildman–Crippen LogP) is 10.2. The van der Waals surface area contributed by atoms with Gasteiger partial charge in [0.15, 0.2) is 0 Å². The third kappa shape index (κ3) is 32.1. The Labute approximate surface area is 205 Å². The van der Waals surface area contributed by atoms with Crippen LogP contribution in [0.2, 0.25) is 0 Å². The molecule has 0 aromatic heterocycles. The van der Waals surface area contributed by atoms with Crippen molar-refractivity contribution in [2.75, 3.05) is 19.6 Å². The van der Waals surface area contributed by atoms with Crippen LogP contribution in [0, 0.1) is 0 Å². The van der Waals surface area contributed by atoms with Gasteiger partial charge in [0.1, 0.15) is 0 Å². The fourth-order valence-corrected chi connectivity index (χ4v) is 4.23.